The topological polar surface area (TPSA) is 86.9 Å². The van der Waals surface area contributed by atoms with Crippen molar-refractivity contribution in [1.82, 2.24) is 21.0 Å². The van der Waals surface area contributed by atoms with E-state index in [1.807, 2.05) is 30.3 Å². The summed E-state index contributed by atoms with van der Waals surface area (Å²) < 4.78 is 0. The fourth-order valence-corrected chi connectivity index (χ4v) is 2.27. The first-order valence-corrected chi connectivity index (χ1v) is 7.48. The zero-order valence-electron chi connectivity index (χ0n) is 12.4. The number of carbonyl (C=O) groups excluding carboxylic acids is 2. The molecular weight excluding hydrogens is 328 g/mol. The van der Waals surface area contributed by atoms with Crippen LogP contribution in [-0.4, -0.2) is 22.0 Å². The summed E-state index contributed by atoms with van der Waals surface area (Å²) in [5.74, 6) is -0.964. The van der Waals surface area contributed by atoms with Crippen LogP contribution in [0.1, 0.15) is 20.8 Å². The second-order valence-corrected chi connectivity index (χ2v) is 5.39. The van der Waals surface area contributed by atoms with Gasteiger partial charge in [-0.2, -0.15) is 5.10 Å². The Morgan fingerprint density at radius 2 is 1.67 bits per heavy atom. The van der Waals surface area contributed by atoms with Gasteiger partial charge in [0, 0.05) is 16.1 Å². The Hall–Kier alpha value is -3.12. The third-order valence-corrected chi connectivity index (χ3v) is 3.50. The molecule has 6 nitrogen and oxygen atoms in total. The Morgan fingerprint density at radius 3 is 2.42 bits per heavy atom. The van der Waals surface area contributed by atoms with Crippen LogP contribution in [0.25, 0.3) is 11.3 Å². The van der Waals surface area contributed by atoms with Crippen LogP contribution in [0.5, 0.6) is 0 Å². The molecular formula is C17H13ClN4O2. The van der Waals surface area contributed by atoms with Gasteiger partial charge in [0.1, 0.15) is 5.69 Å². The van der Waals surface area contributed by atoms with Gasteiger partial charge in [-0.05, 0) is 24.3 Å². The molecule has 0 fully saturated rings. The fourth-order valence-electron chi connectivity index (χ4n) is 2.08. The molecule has 3 N–H and O–H groups in total. The standard InChI is InChI=1S/C17H13ClN4O2/c18-13-8-4-7-12(9-13)16(23)21-22-17(24)15-10-14(19-20-15)11-5-2-1-3-6-11/h1-10H,(H,19,20)(H,21,23)(H,22,24). The van der Waals surface area contributed by atoms with E-state index in [1.54, 1.807) is 24.3 Å². The van der Waals surface area contributed by atoms with Crippen LogP contribution >= 0.6 is 11.6 Å². The lowest BCUT2D eigenvalue weighted by Crippen LogP contribution is -2.41. The van der Waals surface area contributed by atoms with E-state index in [9.17, 15) is 9.59 Å². The Balaban J connectivity index is 1.63. The molecule has 0 aliphatic carbocycles. The van der Waals surface area contributed by atoms with Gasteiger partial charge in [0.2, 0.25) is 0 Å². The summed E-state index contributed by atoms with van der Waals surface area (Å²) in [4.78, 5) is 24.0. The number of carbonyl (C=O) groups is 2. The molecule has 3 rings (SSSR count). The van der Waals surface area contributed by atoms with Gasteiger partial charge in [0.25, 0.3) is 11.8 Å². The monoisotopic (exact) mass is 340 g/mol. The molecule has 1 aromatic heterocycles. The molecule has 7 heteroatoms. The van der Waals surface area contributed by atoms with Gasteiger partial charge in [-0.1, -0.05) is 48.0 Å². The van der Waals surface area contributed by atoms with E-state index in [2.05, 4.69) is 21.0 Å². The number of H-pyrrole nitrogens is 1. The molecule has 0 bridgehead atoms. The van der Waals surface area contributed by atoms with E-state index in [-0.39, 0.29) is 5.69 Å². The molecule has 24 heavy (non-hydrogen) atoms. The van der Waals surface area contributed by atoms with Crippen molar-refractivity contribution in [2.45, 2.75) is 0 Å². The van der Waals surface area contributed by atoms with Gasteiger partial charge in [-0.15, -0.1) is 0 Å². The minimum Gasteiger partial charge on any atom is -0.272 e. The minimum absolute atomic E-state index is 0.236. The van der Waals surface area contributed by atoms with E-state index >= 15 is 0 Å². The second kappa shape index (κ2) is 6.97. The van der Waals surface area contributed by atoms with Crippen LogP contribution in [0.3, 0.4) is 0 Å². The molecule has 0 atom stereocenters. The summed E-state index contributed by atoms with van der Waals surface area (Å²) in [5.41, 5.74) is 6.76. The van der Waals surface area contributed by atoms with Crippen LogP contribution in [-0.2, 0) is 0 Å². The minimum atomic E-state index is -0.500. The highest BCUT2D eigenvalue weighted by Crippen LogP contribution is 2.16. The molecule has 3 aromatic rings. The summed E-state index contributed by atoms with van der Waals surface area (Å²) in [7, 11) is 0. The number of hydrogen-bond donors (Lipinski definition) is 3. The second-order valence-electron chi connectivity index (χ2n) is 4.95. The number of aromatic amines is 1. The van der Waals surface area contributed by atoms with Crippen molar-refractivity contribution in [1.29, 1.82) is 0 Å². The Labute approximate surface area is 142 Å². The zero-order valence-corrected chi connectivity index (χ0v) is 13.2. The van der Waals surface area contributed by atoms with E-state index < -0.39 is 11.8 Å². The van der Waals surface area contributed by atoms with E-state index in [0.29, 0.717) is 16.3 Å². The number of aromatic nitrogens is 2. The van der Waals surface area contributed by atoms with Crippen molar-refractivity contribution in [2.24, 2.45) is 0 Å². The van der Waals surface area contributed by atoms with E-state index in [4.69, 9.17) is 11.6 Å². The molecule has 0 unspecified atom stereocenters. The third kappa shape index (κ3) is 3.61. The number of nitrogens with one attached hydrogen (secondary N) is 3. The lowest BCUT2D eigenvalue weighted by molar-refractivity contribution is 0.0844. The highest BCUT2D eigenvalue weighted by Gasteiger charge is 2.12. The molecule has 0 saturated carbocycles. The number of rotatable bonds is 3. The fraction of sp³-hybridized carbons (Fsp3) is 0. The van der Waals surface area contributed by atoms with Crippen molar-refractivity contribution in [3.63, 3.8) is 0 Å². The average molecular weight is 341 g/mol. The zero-order chi connectivity index (χ0) is 16.9. The third-order valence-electron chi connectivity index (χ3n) is 3.27. The number of hydrogen-bond acceptors (Lipinski definition) is 3. The van der Waals surface area contributed by atoms with Crippen molar-refractivity contribution in [3.05, 3.63) is 76.9 Å². The Bertz CT molecular complexity index is 877. The van der Waals surface area contributed by atoms with E-state index in [0.717, 1.165) is 5.56 Å². The maximum Gasteiger partial charge on any atom is 0.287 e. The van der Waals surface area contributed by atoms with Gasteiger partial charge >= 0.3 is 0 Å². The summed E-state index contributed by atoms with van der Waals surface area (Å²) in [6.07, 6.45) is 0. The molecule has 2 amide bonds. The van der Waals surface area contributed by atoms with Crippen molar-refractivity contribution in [3.8, 4) is 11.3 Å². The largest absolute Gasteiger partial charge is 0.287 e. The predicted octanol–water partition coefficient (Wildman–Crippen LogP) is 2.80. The lowest BCUT2D eigenvalue weighted by atomic mass is 10.1. The van der Waals surface area contributed by atoms with Gasteiger partial charge < -0.3 is 0 Å². The Kier molecular flexibility index (Phi) is 4.58. The highest BCUT2D eigenvalue weighted by molar-refractivity contribution is 6.30. The van der Waals surface area contributed by atoms with Crippen molar-refractivity contribution < 1.29 is 9.59 Å². The van der Waals surface area contributed by atoms with Crippen LogP contribution in [0.15, 0.2) is 60.7 Å². The number of halogens is 1. The van der Waals surface area contributed by atoms with Crippen molar-refractivity contribution >= 4 is 23.4 Å². The number of nitrogens with zero attached hydrogens (tertiary/aromatic N) is 1. The van der Waals surface area contributed by atoms with Gasteiger partial charge in [-0.25, -0.2) is 0 Å². The van der Waals surface area contributed by atoms with E-state index in [1.165, 1.54) is 6.07 Å². The maximum absolute atomic E-state index is 12.1. The van der Waals surface area contributed by atoms with Crippen LogP contribution in [0.2, 0.25) is 5.02 Å². The summed E-state index contributed by atoms with van der Waals surface area (Å²) in [6, 6.07) is 17.5. The first kappa shape index (κ1) is 15.8. The number of hydrazine groups is 1. The first-order chi connectivity index (χ1) is 11.6. The molecule has 0 aliphatic rings. The average Bonchev–Trinajstić information content (AvgIpc) is 3.10. The molecule has 120 valence electrons. The van der Waals surface area contributed by atoms with Crippen molar-refractivity contribution in [2.75, 3.05) is 0 Å². The van der Waals surface area contributed by atoms with Crippen LogP contribution in [0, 0.1) is 0 Å². The molecule has 0 spiro atoms. The van der Waals surface area contributed by atoms with Gasteiger partial charge in [0.15, 0.2) is 0 Å². The quantitative estimate of drug-likeness (QED) is 0.641. The van der Waals surface area contributed by atoms with Crippen LogP contribution in [0.4, 0.5) is 0 Å². The predicted molar refractivity (Wildman–Crippen MR) is 90.4 cm³/mol. The molecule has 0 saturated heterocycles. The van der Waals surface area contributed by atoms with Gasteiger partial charge in [-0.3, -0.25) is 25.5 Å². The lowest BCUT2D eigenvalue weighted by Gasteiger charge is -2.06. The number of benzene rings is 2. The molecule has 1 heterocycles. The SMILES string of the molecule is O=C(NNC(=O)c1cc(-c2ccccc2)n[nH]1)c1cccc(Cl)c1. The summed E-state index contributed by atoms with van der Waals surface area (Å²) in [5, 5.41) is 7.17. The normalized spacial score (nSPS) is 10.2. The van der Waals surface area contributed by atoms with Gasteiger partial charge in [0.05, 0.1) is 5.69 Å². The first-order valence-electron chi connectivity index (χ1n) is 7.10. The number of amides is 2. The smallest absolute Gasteiger partial charge is 0.272 e. The highest BCUT2D eigenvalue weighted by atomic mass is 35.5. The summed E-state index contributed by atoms with van der Waals surface area (Å²) >= 11 is 5.83. The molecule has 0 aliphatic heterocycles. The summed E-state index contributed by atoms with van der Waals surface area (Å²) in [6.45, 7) is 0. The van der Waals surface area contributed by atoms with Crippen LogP contribution < -0.4 is 10.9 Å². The maximum atomic E-state index is 12.1. The Morgan fingerprint density at radius 1 is 0.917 bits per heavy atom. The molecule has 0 radical (unpaired) electrons. The molecule has 2 aromatic carbocycles.